The number of amides is 1. The van der Waals surface area contributed by atoms with Crippen molar-refractivity contribution in [1.82, 2.24) is 9.47 Å². The molecule has 7 heteroatoms. The van der Waals surface area contributed by atoms with Crippen LogP contribution in [0.4, 0.5) is 0 Å². The zero-order chi connectivity index (χ0) is 21.8. The Morgan fingerprint density at radius 3 is 2.40 bits per heavy atom. The second-order valence-electron chi connectivity index (χ2n) is 8.60. The van der Waals surface area contributed by atoms with E-state index < -0.39 is 5.97 Å². The van der Waals surface area contributed by atoms with Crippen LogP contribution < -0.4 is 0 Å². The first kappa shape index (κ1) is 22.5. The molecule has 1 aliphatic heterocycles. The minimum Gasteiger partial charge on any atom is -0.464 e. The van der Waals surface area contributed by atoms with Gasteiger partial charge in [0.15, 0.2) is 5.78 Å². The predicted octanol–water partition coefficient (Wildman–Crippen LogP) is 3.20. The van der Waals surface area contributed by atoms with Crippen LogP contribution in [0.5, 0.6) is 0 Å². The van der Waals surface area contributed by atoms with Crippen LogP contribution in [-0.4, -0.2) is 60.0 Å². The van der Waals surface area contributed by atoms with Gasteiger partial charge in [-0.2, -0.15) is 0 Å². The van der Waals surface area contributed by atoms with Gasteiger partial charge in [0.05, 0.1) is 19.8 Å². The lowest BCUT2D eigenvalue weighted by atomic mass is 9.88. The Morgan fingerprint density at radius 1 is 1.10 bits per heavy atom. The number of hydrogen-bond donors (Lipinski definition) is 0. The number of aromatic nitrogens is 1. The van der Waals surface area contributed by atoms with Crippen molar-refractivity contribution in [2.24, 2.45) is 13.0 Å². The van der Waals surface area contributed by atoms with Gasteiger partial charge >= 0.3 is 5.97 Å². The minimum atomic E-state index is -0.466. The summed E-state index contributed by atoms with van der Waals surface area (Å²) in [5.41, 5.74) is 2.20. The topological polar surface area (TPSA) is 77.8 Å². The number of hydrogen-bond acceptors (Lipinski definition) is 5. The molecule has 0 spiro atoms. The molecule has 0 bridgehead atoms. The molecule has 0 aromatic carbocycles. The number of nitrogens with zero attached hydrogens (tertiary/aromatic N) is 2. The van der Waals surface area contributed by atoms with Crippen LogP contribution in [0.3, 0.4) is 0 Å². The molecule has 1 saturated carbocycles. The summed E-state index contributed by atoms with van der Waals surface area (Å²) in [5.74, 6) is -0.543. The number of ketones is 1. The second kappa shape index (κ2) is 9.77. The van der Waals surface area contributed by atoms with Gasteiger partial charge in [0.1, 0.15) is 5.69 Å². The van der Waals surface area contributed by atoms with E-state index in [0.29, 0.717) is 35.7 Å². The van der Waals surface area contributed by atoms with Gasteiger partial charge in [0.2, 0.25) is 5.91 Å². The number of ether oxygens (including phenoxy) is 2. The van der Waals surface area contributed by atoms with Crippen LogP contribution in [0, 0.1) is 19.8 Å². The third kappa shape index (κ3) is 4.61. The molecule has 30 heavy (non-hydrogen) atoms. The molecule has 1 aliphatic carbocycles. The second-order valence-corrected chi connectivity index (χ2v) is 8.60. The largest absolute Gasteiger partial charge is 0.464 e. The fourth-order valence-corrected chi connectivity index (χ4v) is 4.90. The third-order valence-electron chi connectivity index (χ3n) is 6.64. The van der Waals surface area contributed by atoms with E-state index in [1.165, 1.54) is 13.5 Å². The first-order valence-electron chi connectivity index (χ1n) is 11.0. The molecule has 0 radical (unpaired) electrons. The van der Waals surface area contributed by atoms with E-state index in [9.17, 15) is 14.4 Å². The SMILES string of the molecule is COC(=O)c1c(C)c(C(=O)CN(C[C@H]2CCCO2)C(=O)C2CCCCC2)c(C)n1C. The molecular weight excluding hydrogens is 384 g/mol. The highest BCUT2D eigenvalue weighted by Crippen LogP contribution is 2.27. The van der Waals surface area contributed by atoms with Crippen molar-refractivity contribution in [3.8, 4) is 0 Å². The first-order chi connectivity index (χ1) is 14.3. The van der Waals surface area contributed by atoms with Crippen LogP contribution >= 0.6 is 0 Å². The quantitative estimate of drug-likeness (QED) is 0.502. The third-order valence-corrected chi connectivity index (χ3v) is 6.64. The highest BCUT2D eigenvalue weighted by molar-refractivity contribution is 6.04. The average molecular weight is 419 g/mol. The predicted molar refractivity (Wildman–Crippen MR) is 113 cm³/mol. The van der Waals surface area contributed by atoms with E-state index in [-0.39, 0.29) is 30.3 Å². The van der Waals surface area contributed by atoms with Crippen molar-refractivity contribution in [2.45, 2.75) is 64.9 Å². The molecule has 0 unspecified atom stereocenters. The van der Waals surface area contributed by atoms with Crippen LogP contribution in [0.25, 0.3) is 0 Å². The molecule has 2 heterocycles. The van der Waals surface area contributed by atoms with Crippen molar-refractivity contribution in [3.63, 3.8) is 0 Å². The Morgan fingerprint density at radius 2 is 1.80 bits per heavy atom. The van der Waals surface area contributed by atoms with E-state index in [1.807, 2.05) is 6.92 Å². The number of carbonyl (C=O) groups is 3. The smallest absolute Gasteiger partial charge is 0.354 e. The molecule has 1 amide bonds. The van der Waals surface area contributed by atoms with Gasteiger partial charge in [-0.3, -0.25) is 9.59 Å². The van der Waals surface area contributed by atoms with Crippen molar-refractivity contribution in [2.75, 3.05) is 26.8 Å². The van der Waals surface area contributed by atoms with E-state index >= 15 is 0 Å². The number of rotatable bonds is 7. The summed E-state index contributed by atoms with van der Waals surface area (Å²) >= 11 is 0. The van der Waals surface area contributed by atoms with Crippen molar-refractivity contribution in [1.29, 1.82) is 0 Å². The lowest BCUT2D eigenvalue weighted by molar-refractivity contribution is -0.137. The van der Waals surface area contributed by atoms with Crippen molar-refractivity contribution < 1.29 is 23.9 Å². The zero-order valence-electron chi connectivity index (χ0n) is 18.7. The number of Topliss-reactive ketones (excluding diaryl/α,β-unsaturated/α-hetero) is 1. The molecule has 2 aliphatic rings. The highest BCUT2D eigenvalue weighted by atomic mass is 16.5. The van der Waals surface area contributed by atoms with Gasteiger partial charge in [-0.1, -0.05) is 19.3 Å². The first-order valence-corrected chi connectivity index (χ1v) is 11.0. The lowest BCUT2D eigenvalue weighted by Crippen LogP contribution is -2.44. The number of methoxy groups -OCH3 is 1. The van der Waals surface area contributed by atoms with Gasteiger partial charge in [-0.05, 0) is 45.1 Å². The molecule has 7 nitrogen and oxygen atoms in total. The standard InChI is InChI=1S/C23H34N2O5/c1-15-20(16(2)24(3)21(15)23(28)29-4)19(26)14-25(13-18-11-8-12-30-18)22(27)17-9-6-5-7-10-17/h17-18H,5-14H2,1-4H3/t18-/m1/s1. The summed E-state index contributed by atoms with van der Waals surface area (Å²) in [7, 11) is 3.08. The van der Waals surface area contributed by atoms with Gasteiger partial charge < -0.3 is 18.9 Å². The van der Waals surface area contributed by atoms with Gasteiger partial charge in [0, 0.05) is 37.4 Å². The highest BCUT2D eigenvalue weighted by Gasteiger charge is 2.32. The van der Waals surface area contributed by atoms with E-state index in [4.69, 9.17) is 9.47 Å². The Hall–Kier alpha value is -2.15. The normalized spacial score (nSPS) is 19.7. The van der Waals surface area contributed by atoms with Crippen molar-refractivity contribution in [3.05, 3.63) is 22.5 Å². The molecule has 1 aromatic heterocycles. The molecule has 0 N–H and O–H groups in total. The summed E-state index contributed by atoms with van der Waals surface area (Å²) in [6.07, 6.45) is 6.99. The molecular formula is C23H34N2O5. The zero-order valence-corrected chi connectivity index (χ0v) is 18.7. The van der Waals surface area contributed by atoms with Gasteiger partial charge in [-0.15, -0.1) is 0 Å². The molecule has 3 rings (SSSR count). The average Bonchev–Trinajstić information content (AvgIpc) is 3.33. The maximum absolute atomic E-state index is 13.3. The van der Waals surface area contributed by atoms with E-state index in [0.717, 1.165) is 38.5 Å². The summed E-state index contributed by atoms with van der Waals surface area (Å²) in [4.78, 5) is 40.5. The lowest BCUT2D eigenvalue weighted by Gasteiger charge is -2.30. The van der Waals surface area contributed by atoms with Crippen molar-refractivity contribution >= 4 is 17.7 Å². The minimum absolute atomic E-state index is 0.00319. The molecule has 1 atom stereocenters. The molecule has 1 aromatic rings. The van der Waals surface area contributed by atoms with Crippen LogP contribution in [0.15, 0.2) is 0 Å². The van der Waals surface area contributed by atoms with Crippen LogP contribution in [-0.2, 0) is 21.3 Å². The summed E-state index contributed by atoms with van der Waals surface area (Å²) in [6.45, 7) is 4.76. The summed E-state index contributed by atoms with van der Waals surface area (Å²) < 4.78 is 12.3. The Labute approximate surface area is 178 Å². The van der Waals surface area contributed by atoms with Crippen LogP contribution in [0.1, 0.15) is 77.0 Å². The maximum atomic E-state index is 13.3. The van der Waals surface area contributed by atoms with Gasteiger partial charge in [-0.25, -0.2) is 4.79 Å². The summed E-state index contributed by atoms with van der Waals surface area (Å²) in [5, 5.41) is 0. The number of carbonyl (C=O) groups excluding carboxylic acids is 3. The fourth-order valence-electron chi connectivity index (χ4n) is 4.90. The van der Waals surface area contributed by atoms with Crippen LogP contribution in [0.2, 0.25) is 0 Å². The number of esters is 1. The Balaban J connectivity index is 1.83. The van der Waals surface area contributed by atoms with E-state index in [1.54, 1.807) is 23.4 Å². The Kier molecular flexibility index (Phi) is 7.34. The van der Waals surface area contributed by atoms with E-state index in [2.05, 4.69) is 0 Å². The molecule has 2 fully saturated rings. The Bertz CT molecular complexity index is 801. The van der Waals surface area contributed by atoms with Gasteiger partial charge in [0.25, 0.3) is 0 Å². The molecule has 1 saturated heterocycles. The molecule has 166 valence electrons. The monoisotopic (exact) mass is 418 g/mol. The summed E-state index contributed by atoms with van der Waals surface area (Å²) in [6, 6.07) is 0. The fraction of sp³-hybridized carbons (Fsp3) is 0.696. The maximum Gasteiger partial charge on any atom is 0.354 e.